The molecule has 2 heterocycles. The van der Waals surface area contributed by atoms with Gasteiger partial charge in [-0.1, -0.05) is 103 Å². The molecule has 1 aromatic heterocycles. The molecule has 0 unspecified atom stereocenters. The SMILES string of the molecule is O=C(O)CCCC(=O)NCc1ccccc1-c1ccc([C@H]2O[C@@H](CSc3nnnn3-c3ccccc3)C[C@@H](c3ccc(CO)cc3)O2)cc1. The Balaban J connectivity index is 1.17. The number of carboxylic acids is 1. The number of amides is 1. The number of hydrogen-bond donors (Lipinski definition) is 3. The molecule has 3 N–H and O–H groups in total. The summed E-state index contributed by atoms with van der Waals surface area (Å²) >= 11 is 1.53. The summed E-state index contributed by atoms with van der Waals surface area (Å²) in [6.07, 6.45) is 0.0321. The van der Waals surface area contributed by atoms with Crippen molar-refractivity contribution in [1.29, 1.82) is 0 Å². The summed E-state index contributed by atoms with van der Waals surface area (Å²) < 4.78 is 14.8. The van der Waals surface area contributed by atoms with Gasteiger partial charge in [-0.2, -0.15) is 4.68 Å². The van der Waals surface area contributed by atoms with E-state index in [1.54, 1.807) is 4.68 Å². The van der Waals surface area contributed by atoms with Crippen LogP contribution in [0.1, 0.15) is 60.3 Å². The molecule has 1 aliphatic heterocycles. The number of para-hydroxylation sites is 1. The molecule has 0 saturated carbocycles. The lowest BCUT2D eigenvalue weighted by Gasteiger charge is -2.36. The fraction of sp³-hybridized carbons (Fsp3) is 0.270. The summed E-state index contributed by atoms with van der Waals surface area (Å²) in [6.45, 7) is 0.309. The molecule has 4 aromatic carbocycles. The molecule has 11 nitrogen and oxygen atoms in total. The smallest absolute Gasteiger partial charge is 0.303 e. The Hall–Kier alpha value is -4.88. The van der Waals surface area contributed by atoms with Crippen molar-refractivity contribution < 1.29 is 29.3 Å². The molecule has 0 bridgehead atoms. The third kappa shape index (κ3) is 8.98. The highest BCUT2D eigenvalue weighted by molar-refractivity contribution is 7.99. The van der Waals surface area contributed by atoms with Crippen LogP contribution in [-0.2, 0) is 32.2 Å². The Bertz CT molecular complexity index is 1830. The predicted octanol–water partition coefficient (Wildman–Crippen LogP) is 6.03. The first kappa shape index (κ1) is 34.0. The Morgan fingerprint density at radius 2 is 1.61 bits per heavy atom. The van der Waals surface area contributed by atoms with Crippen LogP contribution in [0.5, 0.6) is 0 Å². The van der Waals surface area contributed by atoms with Crippen molar-refractivity contribution >= 4 is 23.6 Å². The van der Waals surface area contributed by atoms with Crippen molar-refractivity contribution in [2.24, 2.45) is 0 Å². The lowest BCUT2D eigenvalue weighted by atomic mass is 9.97. The standard InChI is InChI=1S/C37H37N5O6S/c43-23-25-13-15-27(16-14-25)33-21-31(24-49-37-39-40-41-42(37)30-8-2-1-3-9-30)47-36(48-33)28-19-17-26(18-20-28)32-10-5-4-7-29(32)22-38-34(44)11-6-12-35(45)46/h1-5,7-10,13-20,31,33,36,43H,6,11-12,21-24H2,(H,38,44)(H,45,46)/t31-,33+,36+/m1/s1. The van der Waals surface area contributed by atoms with E-state index in [1.807, 2.05) is 103 Å². The van der Waals surface area contributed by atoms with Crippen molar-refractivity contribution in [2.45, 2.75) is 62.5 Å². The minimum absolute atomic E-state index is 0.0262. The first-order valence-electron chi connectivity index (χ1n) is 16.1. The number of benzene rings is 4. The molecule has 1 saturated heterocycles. The van der Waals surface area contributed by atoms with Crippen LogP contribution in [0.15, 0.2) is 108 Å². The van der Waals surface area contributed by atoms with E-state index in [2.05, 4.69) is 20.8 Å². The van der Waals surface area contributed by atoms with Gasteiger partial charge in [0, 0.05) is 37.1 Å². The first-order chi connectivity index (χ1) is 24.0. The Labute approximate surface area is 288 Å². The minimum atomic E-state index is -0.908. The zero-order valence-electron chi connectivity index (χ0n) is 26.7. The number of aromatic nitrogens is 4. The normalized spacial score (nSPS) is 17.4. The van der Waals surface area contributed by atoms with Gasteiger partial charge in [0.1, 0.15) is 0 Å². The van der Waals surface area contributed by atoms with Gasteiger partial charge in [-0.05, 0) is 56.8 Å². The summed E-state index contributed by atoms with van der Waals surface area (Å²) in [7, 11) is 0. The van der Waals surface area contributed by atoms with Gasteiger partial charge in [0.25, 0.3) is 0 Å². The van der Waals surface area contributed by atoms with E-state index >= 15 is 0 Å². The molecular formula is C37H37N5O6S. The number of nitrogens with zero attached hydrogens (tertiary/aromatic N) is 4. The number of nitrogens with one attached hydrogen (secondary N) is 1. The maximum absolute atomic E-state index is 12.3. The van der Waals surface area contributed by atoms with Crippen LogP contribution in [0.3, 0.4) is 0 Å². The summed E-state index contributed by atoms with van der Waals surface area (Å²) in [4.78, 5) is 23.1. The number of hydrogen-bond acceptors (Lipinski definition) is 9. The van der Waals surface area contributed by atoms with Gasteiger partial charge >= 0.3 is 5.97 Å². The van der Waals surface area contributed by atoms with Gasteiger partial charge in [-0.15, -0.1) is 5.10 Å². The van der Waals surface area contributed by atoms with Crippen molar-refractivity contribution in [3.8, 4) is 16.8 Å². The number of aliphatic hydroxyl groups excluding tert-OH is 1. The topological polar surface area (TPSA) is 149 Å². The van der Waals surface area contributed by atoms with E-state index in [-0.39, 0.29) is 37.6 Å². The predicted molar refractivity (Wildman–Crippen MR) is 184 cm³/mol. The zero-order valence-corrected chi connectivity index (χ0v) is 27.5. The number of thioether (sulfide) groups is 1. The van der Waals surface area contributed by atoms with Gasteiger partial charge in [-0.3, -0.25) is 9.59 Å². The van der Waals surface area contributed by atoms with Crippen LogP contribution in [0, 0.1) is 0 Å². The van der Waals surface area contributed by atoms with E-state index in [9.17, 15) is 14.7 Å². The van der Waals surface area contributed by atoms with Gasteiger partial charge in [0.05, 0.1) is 24.5 Å². The molecule has 1 fully saturated rings. The molecular weight excluding hydrogens is 643 g/mol. The summed E-state index contributed by atoms with van der Waals surface area (Å²) in [5.74, 6) is -0.483. The Morgan fingerprint density at radius 3 is 2.37 bits per heavy atom. The largest absolute Gasteiger partial charge is 0.481 e. The first-order valence-corrected chi connectivity index (χ1v) is 17.1. The Morgan fingerprint density at radius 1 is 0.878 bits per heavy atom. The number of rotatable bonds is 14. The average molecular weight is 680 g/mol. The summed E-state index contributed by atoms with van der Waals surface area (Å²) in [5, 5.41) is 34.3. The van der Waals surface area contributed by atoms with Gasteiger partial charge < -0.3 is 25.0 Å². The van der Waals surface area contributed by atoms with Crippen LogP contribution >= 0.6 is 11.8 Å². The molecule has 0 spiro atoms. The van der Waals surface area contributed by atoms with Crippen molar-refractivity contribution in [3.63, 3.8) is 0 Å². The van der Waals surface area contributed by atoms with Crippen LogP contribution in [0.25, 0.3) is 16.8 Å². The van der Waals surface area contributed by atoms with Gasteiger partial charge in [0.2, 0.25) is 11.1 Å². The quantitative estimate of drug-likeness (QED) is 0.119. The molecule has 49 heavy (non-hydrogen) atoms. The Kier molecular flexibility index (Phi) is 11.4. The number of carbonyl (C=O) groups is 2. The second kappa shape index (κ2) is 16.5. The molecule has 6 rings (SSSR count). The number of ether oxygens (including phenoxy) is 2. The lowest BCUT2D eigenvalue weighted by molar-refractivity contribution is -0.245. The summed E-state index contributed by atoms with van der Waals surface area (Å²) in [6, 6.07) is 33.4. The van der Waals surface area contributed by atoms with Crippen molar-refractivity contribution in [3.05, 3.63) is 125 Å². The number of aliphatic hydroxyl groups is 1. The van der Waals surface area contributed by atoms with Crippen LogP contribution in [0.2, 0.25) is 0 Å². The van der Waals surface area contributed by atoms with Crippen LogP contribution in [-0.4, -0.2) is 54.2 Å². The highest BCUT2D eigenvalue weighted by Gasteiger charge is 2.32. The molecule has 0 radical (unpaired) electrons. The second-order valence-electron chi connectivity index (χ2n) is 11.7. The van der Waals surface area contributed by atoms with E-state index in [1.165, 1.54) is 11.8 Å². The molecule has 3 atom stereocenters. The maximum atomic E-state index is 12.3. The monoisotopic (exact) mass is 679 g/mol. The molecule has 5 aromatic rings. The number of carboxylic acid groups (broad SMARTS) is 1. The van der Waals surface area contributed by atoms with Crippen LogP contribution < -0.4 is 5.32 Å². The molecule has 252 valence electrons. The lowest BCUT2D eigenvalue weighted by Crippen LogP contribution is -2.31. The number of tetrazole rings is 1. The molecule has 12 heteroatoms. The minimum Gasteiger partial charge on any atom is -0.481 e. The van der Waals surface area contributed by atoms with E-state index < -0.39 is 12.3 Å². The van der Waals surface area contributed by atoms with E-state index in [0.717, 1.165) is 39.1 Å². The van der Waals surface area contributed by atoms with E-state index in [4.69, 9.17) is 14.6 Å². The molecule has 1 aliphatic rings. The highest BCUT2D eigenvalue weighted by atomic mass is 32.2. The van der Waals surface area contributed by atoms with E-state index in [0.29, 0.717) is 30.3 Å². The van der Waals surface area contributed by atoms with Gasteiger partial charge in [0.15, 0.2) is 6.29 Å². The van der Waals surface area contributed by atoms with Crippen molar-refractivity contribution in [1.82, 2.24) is 25.5 Å². The number of carbonyl (C=O) groups excluding carboxylic acids is 1. The molecule has 0 aliphatic carbocycles. The van der Waals surface area contributed by atoms with Gasteiger partial charge in [-0.25, -0.2) is 0 Å². The maximum Gasteiger partial charge on any atom is 0.303 e. The summed E-state index contributed by atoms with van der Waals surface area (Å²) in [5.41, 5.74) is 6.50. The molecule has 1 amide bonds. The highest BCUT2D eigenvalue weighted by Crippen LogP contribution is 2.40. The third-order valence-corrected chi connectivity index (χ3v) is 9.29. The average Bonchev–Trinajstić information content (AvgIpc) is 3.62. The fourth-order valence-corrected chi connectivity index (χ4v) is 6.56. The number of aliphatic carboxylic acids is 1. The third-order valence-electron chi connectivity index (χ3n) is 8.24. The zero-order chi connectivity index (χ0) is 34.0. The fourth-order valence-electron chi connectivity index (χ4n) is 5.65. The van der Waals surface area contributed by atoms with Crippen LogP contribution in [0.4, 0.5) is 0 Å². The second-order valence-corrected chi connectivity index (χ2v) is 12.7. The van der Waals surface area contributed by atoms with Crippen molar-refractivity contribution in [2.75, 3.05) is 5.75 Å².